The van der Waals surface area contributed by atoms with E-state index in [0.717, 1.165) is 10.6 Å². The molecule has 148 valence electrons. The fourth-order valence-electron chi connectivity index (χ4n) is 3.06. The number of ether oxygens (including phenoxy) is 2. The molecule has 1 amide bonds. The molecule has 0 radical (unpaired) electrons. The van der Waals surface area contributed by atoms with Crippen molar-refractivity contribution in [1.82, 2.24) is 9.97 Å². The zero-order chi connectivity index (χ0) is 20.4. The third kappa shape index (κ3) is 3.93. The topological polar surface area (TPSA) is 86.5 Å². The lowest BCUT2D eigenvalue weighted by Crippen LogP contribution is -2.14. The van der Waals surface area contributed by atoms with Gasteiger partial charge in [-0.15, -0.1) is 11.3 Å². The van der Waals surface area contributed by atoms with Crippen LogP contribution in [0.15, 0.2) is 46.2 Å². The van der Waals surface area contributed by atoms with Crippen LogP contribution in [0.1, 0.15) is 11.6 Å². The van der Waals surface area contributed by atoms with Crippen LogP contribution >= 0.6 is 11.3 Å². The number of rotatable bonds is 6. The molecule has 0 aliphatic carbocycles. The zero-order valence-electron chi connectivity index (χ0n) is 16.2. The quantitative estimate of drug-likeness (QED) is 0.506. The molecule has 8 heteroatoms. The predicted octanol–water partition coefficient (Wildman–Crippen LogP) is 4.46. The number of anilines is 1. The first kappa shape index (κ1) is 18.9. The lowest BCUT2D eigenvalue weighted by molar-refractivity contribution is -0.115. The van der Waals surface area contributed by atoms with Crippen molar-refractivity contribution in [3.05, 3.63) is 53.4 Å². The minimum atomic E-state index is -0.154. The van der Waals surface area contributed by atoms with Crippen LogP contribution in [-0.4, -0.2) is 30.1 Å². The molecule has 0 aliphatic rings. The van der Waals surface area contributed by atoms with Gasteiger partial charge in [-0.2, -0.15) is 0 Å². The van der Waals surface area contributed by atoms with Crippen LogP contribution in [0.5, 0.6) is 11.5 Å². The van der Waals surface area contributed by atoms with Gasteiger partial charge in [0.05, 0.1) is 31.9 Å². The number of hydrogen-bond donors (Lipinski definition) is 1. The van der Waals surface area contributed by atoms with E-state index < -0.39 is 0 Å². The van der Waals surface area contributed by atoms with E-state index >= 15 is 0 Å². The van der Waals surface area contributed by atoms with Gasteiger partial charge in [0, 0.05) is 18.0 Å². The second-order valence-electron chi connectivity index (χ2n) is 6.33. The second-order valence-corrected chi connectivity index (χ2v) is 7.18. The van der Waals surface area contributed by atoms with Gasteiger partial charge in [-0.25, -0.2) is 9.97 Å². The van der Waals surface area contributed by atoms with E-state index in [0.29, 0.717) is 39.9 Å². The van der Waals surface area contributed by atoms with Crippen LogP contribution in [0.2, 0.25) is 0 Å². The summed E-state index contributed by atoms with van der Waals surface area (Å²) in [5, 5.41) is 5.52. The summed E-state index contributed by atoms with van der Waals surface area (Å²) in [6.45, 7) is 1.79. The molecule has 0 fully saturated rings. The number of nitrogens with one attached hydrogen (secondary N) is 1. The van der Waals surface area contributed by atoms with E-state index in [1.165, 1.54) is 11.3 Å². The molecule has 29 heavy (non-hydrogen) atoms. The largest absolute Gasteiger partial charge is 0.493 e. The predicted molar refractivity (Wildman–Crippen MR) is 112 cm³/mol. The molecule has 0 aliphatic heterocycles. The van der Waals surface area contributed by atoms with Crippen LogP contribution in [-0.2, 0) is 11.2 Å². The van der Waals surface area contributed by atoms with Gasteiger partial charge in [0.15, 0.2) is 23.0 Å². The fourth-order valence-corrected chi connectivity index (χ4v) is 3.90. The van der Waals surface area contributed by atoms with Crippen molar-refractivity contribution in [3.8, 4) is 22.1 Å². The van der Waals surface area contributed by atoms with E-state index in [2.05, 4.69) is 15.3 Å². The normalized spacial score (nSPS) is 10.9. The second kappa shape index (κ2) is 7.92. The van der Waals surface area contributed by atoms with Gasteiger partial charge in [0.2, 0.25) is 5.91 Å². The minimum absolute atomic E-state index is 0.154. The summed E-state index contributed by atoms with van der Waals surface area (Å²) < 4.78 is 16.3. The lowest BCUT2D eigenvalue weighted by Gasteiger charge is -2.10. The minimum Gasteiger partial charge on any atom is -0.493 e. The molecular weight excluding hydrogens is 390 g/mol. The highest BCUT2D eigenvalue weighted by molar-refractivity contribution is 7.13. The third-order valence-electron chi connectivity index (χ3n) is 4.31. The van der Waals surface area contributed by atoms with Gasteiger partial charge >= 0.3 is 0 Å². The van der Waals surface area contributed by atoms with Crippen molar-refractivity contribution < 1.29 is 18.7 Å². The molecule has 1 N–H and O–H groups in total. The smallest absolute Gasteiger partial charge is 0.230 e. The number of amides is 1. The maximum atomic E-state index is 12.5. The Bertz CT molecular complexity index is 1180. The monoisotopic (exact) mass is 409 g/mol. The number of aryl methyl sites for hydroxylation is 1. The Labute approximate surface area is 171 Å². The Hall–Kier alpha value is -3.39. The third-order valence-corrected chi connectivity index (χ3v) is 5.23. The van der Waals surface area contributed by atoms with Crippen molar-refractivity contribution in [1.29, 1.82) is 0 Å². The van der Waals surface area contributed by atoms with E-state index in [1.54, 1.807) is 39.3 Å². The average molecular weight is 409 g/mol. The van der Waals surface area contributed by atoms with Crippen LogP contribution in [0.4, 0.5) is 5.69 Å². The molecule has 2 heterocycles. The summed E-state index contributed by atoms with van der Waals surface area (Å²) in [6.07, 6.45) is 0.165. The first-order chi connectivity index (χ1) is 14.1. The standard InChI is InChI=1S/C21H19N3O4S/c1-12-22-16-9-13(7-8-17(16)28-12)23-19(25)10-14-11-29-21(24-14)15-5-4-6-18(26-2)20(15)27-3/h4-9,11H,10H2,1-3H3,(H,23,25). The summed E-state index contributed by atoms with van der Waals surface area (Å²) in [5.41, 5.74) is 3.58. The number of methoxy groups -OCH3 is 2. The Morgan fingerprint density at radius 1 is 1.17 bits per heavy atom. The first-order valence-electron chi connectivity index (χ1n) is 8.90. The number of para-hydroxylation sites is 1. The summed E-state index contributed by atoms with van der Waals surface area (Å²) in [6, 6.07) is 11.0. The van der Waals surface area contributed by atoms with Crippen molar-refractivity contribution in [2.24, 2.45) is 0 Å². The van der Waals surface area contributed by atoms with Gasteiger partial charge < -0.3 is 19.2 Å². The van der Waals surface area contributed by atoms with Gasteiger partial charge in [-0.1, -0.05) is 6.07 Å². The molecule has 0 saturated carbocycles. The molecule has 7 nitrogen and oxygen atoms in total. The highest BCUT2D eigenvalue weighted by atomic mass is 32.1. The van der Waals surface area contributed by atoms with Crippen molar-refractivity contribution in [3.63, 3.8) is 0 Å². The highest BCUT2D eigenvalue weighted by Crippen LogP contribution is 2.39. The Morgan fingerprint density at radius 3 is 2.83 bits per heavy atom. The van der Waals surface area contributed by atoms with Crippen LogP contribution in [0.3, 0.4) is 0 Å². The summed E-state index contributed by atoms with van der Waals surface area (Å²) in [7, 11) is 3.19. The molecule has 4 aromatic rings. The van der Waals surface area contributed by atoms with Gasteiger partial charge in [-0.3, -0.25) is 4.79 Å². The summed E-state index contributed by atoms with van der Waals surface area (Å²) in [5.74, 6) is 1.69. The van der Waals surface area contributed by atoms with Crippen molar-refractivity contribution >= 4 is 34.0 Å². The van der Waals surface area contributed by atoms with Crippen molar-refractivity contribution in [2.45, 2.75) is 13.3 Å². The van der Waals surface area contributed by atoms with Gasteiger partial charge in [0.25, 0.3) is 0 Å². The molecule has 2 aromatic heterocycles. The lowest BCUT2D eigenvalue weighted by atomic mass is 10.2. The molecule has 4 rings (SSSR count). The Morgan fingerprint density at radius 2 is 2.03 bits per heavy atom. The molecular formula is C21H19N3O4S. The van der Waals surface area contributed by atoms with E-state index in [1.807, 2.05) is 23.6 Å². The first-order valence-corrected chi connectivity index (χ1v) is 9.78. The molecule has 0 unspecified atom stereocenters. The maximum absolute atomic E-state index is 12.5. The number of carbonyl (C=O) groups excluding carboxylic acids is 1. The Balaban J connectivity index is 1.49. The number of aromatic nitrogens is 2. The van der Waals surface area contributed by atoms with Gasteiger partial charge in [0.1, 0.15) is 10.5 Å². The maximum Gasteiger partial charge on any atom is 0.230 e. The number of nitrogens with zero attached hydrogens (tertiary/aromatic N) is 2. The Kier molecular flexibility index (Phi) is 5.18. The molecule has 0 atom stereocenters. The van der Waals surface area contributed by atoms with Crippen molar-refractivity contribution in [2.75, 3.05) is 19.5 Å². The molecule has 0 saturated heterocycles. The molecule has 0 spiro atoms. The number of carbonyl (C=O) groups is 1. The average Bonchev–Trinajstić information content (AvgIpc) is 3.32. The number of hydrogen-bond acceptors (Lipinski definition) is 7. The van der Waals surface area contributed by atoms with Crippen LogP contribution < -0.4 is 14.8 Å². The van der Waals surface area contributed by atoms with Crippen LogP contribution in [0.25, 0.3) is 21.7 Å². The van der Waals surface area contributed by atoms with E-state index in [4.69, 9.17) is 13.9 Å². The van der Waals surface area contributed by atoms with Gasteiger partial charge in [-0.05, 0) is 30.3 Å². The van der Waals surface area contributed by atoms with E-state index in [9.17, 15) is 4.79 Å². The highest BCUT2D eigenvalue weighted by Gasteiger charge is 2.16. The van der Waals surface area contributed by atoms with E-state index in [-0.39, 0.29) is 12.3 Å². The number of fused-ring (bicyclic) bond motifs is 1. The number of thiazole rings is 1. The SMILES string of the molecule is COc1cccc(-c2nc(CC(=O)Nc3ccc4oc(C)nc4c3)cs2)c1OC. The number of oxazole rings is 1. The number of benzene rings is 2. The fraction of sp³-hybridized carbons (Fsp3) is 0.190. The summed E-state index contributed by atoms with van der Waals surface area (Å²) in [4.78, 5) is 21.3. The molecule has 2 aromatic carbocycles. The molecule has 0 bridgehead atoms. The zero-order valence-corrected chi connectivity index (χ0v) is 17.0. The van der Waals surface area contributed by atoms with Crippen LogP contribution in [0, 0.1) is 6.92 Å². The summed E-state index contributed by atoms with van der Waals surface area (Å²) >= 11 is 1.46.